The number of rotatable bonds is 5. The molecule has 0 heterocycles. The molecule has 0 spiro atoms. The highest BCUT2D eigenvalue weighted by molar-refractivity contribution is 9.10. The van der Waals surface area contributed by atoms with E-state index < -0.39 is 16.2 Å². The van der Waals surface area contributed by atoms with E-state index in [0.29, 0.717) is 5.56 Å². The summed E-state index contributed by atoms with van der Waals surface area (Å²) < 4.78 is 29.8. The molecule has 2 aromatic carbocycles. The molecule has 2 rings (SSSR count). The average molecular weight is 371 g/mol. The van der Waals surface area contributed by atoms with Crippen LogP contribution in [0.4, 0.5) is 0 Å². The van der Waals surface area contributed by atoms with E-state index in [1.165, 1.54) is 12.1 Å². The van der Waals surface area contributed by atoms with E-state index >= 15 is 0 Å². The van der Waals surface area contributed by atoms with Gasteiger partial charge in [-0.25, -0.2) is 0 Å². The topological polar surface area (TPSA) is 63.6 Å². The van der Waals surface area contributed by atoms with E-state index in [4.69, 9.17) is 4.18 Å². The van der Waals surface area contributed by atoms with Crippen molar-refractivity contribution in [3.63, 3.8) is 0 Å². The first-order chi connectivity index (χ1) is 9.88. The maximum Gasteiger partial charge on any atom is 0.297 e. The maximum absolute atomic E-state index is 12.0. The Balaban J connectivity index is 2.04. The predicted octanol–water partition coefficient (Wildman–Crippen LogP) is 3.20. The van der Waals surface area contributed by atoms with E-state index in [1.54, 1.807) is 36.4 Å². The lowest BCUT2D eigenvalue weighted by Gasteiger charge is -2.12. The Morgan fingerprint density at radius 2 is 1.67 bits per heavy atom. The van der Waals surface area contributed by atoms with Crippen LogP contribution in [0.5, 0.6) is 0 Å². The standard InChI is InChI=1S/C15H15BrO4S/c1-11-2-8-14(9-3-11)21(18,19)20-10-15(17)12-4-6-13(16)7-5-12/h2-9,15,17H,10H2,1H3. The minimum absolute atomic E-state index is 0.0797. The SMILES string of the molecule is Cc1ccc(S(=O)(=O)OCC(O)c2ccc(Br)cc2)cc1. The van der Waals surface area contributed by atoms with Crippen LogP contribution in [0.2, 0.25) is 0 Å². The highest BCUT2D eigenvalue weighted by atomic mass is 79.9. The Labute approximate surface area is 132 Å². The Bertz CT molecular complexity index is 693. The van der Waals surface area contributed by atoms with Crippen LogP contribution in [0.25, 0.3) is 0 Å². The average Bonchev–Trinajstić information content (AvgIpc) is 2.46. The number of aryl methyl sites for hydroxylation is 1. The van der Waals surface area contributed by atoms with Gasteiger partial charge in [0.25, 0.3) is 10.1 Å². The van der Waals surface area contributed by atoms with Gasteiger partial charge in [-0.15, -0.1) is 0 Å². The summed E-state index contributed by atoms with van der Waals surface area (Å²) in [5.41, 5.74) is 1.56. The quantitative estimate of drug-likeness (QED) is 0.820. The normalized spacial score (nSPS) is 13.1. The zero-order valence-corrected chi connectivity index (χ0v) is 13.8. The number of aliphatic hydroxyl groups excluding tert-OH is 1. The van der Waals surface area contributed by atoms with Crippen molar-refractivity contribution in [3.8, 4) is 0 Å². The van der Waals surface area contributed by atoms with Gasteiger partial charge < -0.3 is 5.11 Å². The summed E-state index contributed by atoms with van der Waals surface area (Å²) in [7, 11) is -3.86. The number of hydrogen-bond donors (Lipinski definition) is 1. The second kappa shape index (κ2) is 6.70. The van der Waals surface area contributed by atoms with Gasteiger partial charge >= 0.3 is 0 Å². The summed E-state index contributed by atoms with van der Waals surface area (Å²) >= 11 is 3.29. The number of aliphatic hydroxyl groups is 1. The predicted molar refractivity (Wildman–Crippen MR) is 83.4 cm³/mol. The Morgan fingerprint density at radius 3 is 2.24 bits per heavy atom. The lowest BCUT2D eigenvalue weighted by Crippen LogP contribution is -2.13. The molecule has 0 aromatic heterocycles. The minimum Gasteiger partial charge on any atom is -0.386 e. The maximum atomic E-state index is 12.0. The smallest absolute Gasteiger partial charge is 0.297 e. The lowest BCUT2D eigenvalue weighted by atomic mass is 10.1. The van der Waals surface area contributed by atoms with Crippen molar-refractivity contribution < 1.29 is 17.7 Å². The third kappa shape index (κ3) is 4.38. The molecule has 2 aromatic rings. The minimum atomic E-state index is -3.86. The molecular weight excluding hydrogens is 356 g/mol. The van der Waals surface area contributed by atoms with Gasteiger partial charge in [-0.3, -0.25) is 4.18 Å². The number of benzene rings is 2. The van der Waals surface area contributed by atoms with Gasteiger partial charge in [0, 0.05) is 4.47 Å². The molecule has 0 bridgehead atoms. The Kier molecular flexibility index (Phi) is 5.16. The summed E-state index contributed by atoms with van der Waals surface area (Å²) in [6.07, 6.45) is -1.00. The first kappa shape index (κ1) is 16.2. The summed E-state index contributed by atoms with van der Waals surface area (Å²) in [6.45, 7) is 1.55. The molecule has 0 amide bonds. The van der Waals surface area contributed by atoms with E-state index in [9.17, 15) is 13.5 Å². The van der Waals surface area contributed by atoms with Crippen LogP contribution in [-0.4, -0.2) is 20.1 Å². The largest absolute Gasteiger partial charge is 0.386 e. The van der Waals surface area contributed by atoms with Gasteiger partial charge in [0.15, 0.2) is 0 Å². The first-order valence-corrected chi connectivity index (χ1v) is 8.48. The van der Waals surface area contributed by atoms with Crippen molar-refractivity contribution in [1.82, 2.24) is 0 Å². The molecule has 6 heteroatoms. The van der Waals surface area contributed by atoms with Gasteiger partial charge in [0.05, 0.1) is 11.5 Å². The van der Waals surface area contributed by atoms with Gasteiger partial charge in [0.2, 0.25) is 0 Å². The Morgan fingerprint density at radius 1 is 1.10 bits per heavy atom. The molecule has 0 aliphatic heterocycles. The van der Waals surface area contributed by atoms with Crippen LogP contribution in [-0.2, 0) is 14.3 Å². The molecule has 0 fully saturated rings. The monoisotopic (exact) mass is 370 g/mol. The van der Waals surface area contributed by atoms with Gasteiger partial charge in [-0.1, -0.05) is 45.8 Å². The van der Waals surface area contributed by atoms with Gasteiger partial charge in [0.1, 0.15) is 6.10 Å². The molecule has 112 valence electrons. The van der Waals surface area contributed by atoms with Crippen LogP contribution in [0.3, 0.4) is 0 Å². The second-order valence-electron chi connectivity index (χ2n) is 4.62. The second-order valence-corrected chi connectivity index (χ2v) is 7.15. The molecule has 0 aliphatic rings. The van der Waals surface area contributed by atoms with Crippen molar-refractivity contribution in [2.45, 2.75) is 17.9 Å². The Hall–Kier alpha value is -1.21. The van der Waals surface area contributed by atoms with Gasteiger partial charge in [-0.05, 0) is 36.8 Å². The van der Waals surface area contributed by atoms with Crippen LogP contribution in [0, 0.1) is 6.92 Å². The van der Waals surface area contributed by atoms with Crippen molar-refractivity contribution in [2.75, 3.05) is 6.61 Å². The van der Waals surface area contributed by atoms with Crippen molar-refractivity contribution >= 4 is 26.0 Å². The van der Waals surface area contributed by atoms with Crippen LogP contribution >= 0.6 is 15.9 Å². The fraction of sp³-hybridized carbons (Fsp3) is 0.200. The zero-order chi connectivity index (χ0) is 15.5. The summed E-state index contributed by atoms with van der Waals surface area (Å²) in [6, 6.07) is 13.3. The molecule has 0 saturated carbocycles. The summed E-state index contributed by atoms with van der Waals surface area (Å²) in [4.78, 5) is 0.0797. The fourth-order valence-corrected chi connectivity index (χ4v) is 2.89. The molecule has 0 saturated heterocycles. The molecule has 0 radical (unpaired) electrons. The van der Waals surface area contributed by atoms with Crippen molar-refractivity contribution in [3.05, 3.63) is 64.1 Å². The highest BCUT2D eigenvalue weighted by Crippen LogP contribution is 2.19. The molecule has 1 atom stereocenters. The molecular formula is C15H15BrO4S. The van der Waals surface area contributed by atoms with Crippen LogP contribution in [0.15, 0.2) is 57.9 Å². The number of hydrogen-bond acceptors (Lipinski definition) is 4. The summed E-state index contributed by atoms with van der Waals surface area (Å²) in [5, 5.41) is 9.96. The molecule has 21 heavy (non-hydrogen) atoms. The zero-order valence-electron chi connectivity index (χ0n) is 11.4. The third-order valence-corrected chi connectivity index (χ3v) is 4.77. The molecule has 1 N–H and O–H groups in total. The van der Waals surface area contributed by atoms with Crippen molar-refractivity contribution in [2.24, 2.45) is 0 Å². The van der Waals surface area contributed by atoms with Crippen molar-refractivity contribution in [1.29, 1.82) is 0 Å². The van der Waals surface area contributed by atoms with E-state index in [1.807, 2.05) is 6.92 Å². The molecule has 1 unspecified atom stereocenters. The highest BCUT2D eigenvalue weighted by Gasteiger charge is 2.18. The van der Waals surface area contributed by atoms with Crippen LogP contribution < -0.4 is 0 Å². The first-order valence-electron chi connectivity index (χ1n) is 6.28. The molecule has 4 nitrogen and oxygen atoms in total. The van der Waals surface area contributed by atoms with Crippen LogP contribution in [0.1, 0.15) is 17.2 Å². The van der Waals surface area contributed by atoms with E-state index in [2.05, 4.69) is 15.9 Å². The third-order valence-electron chi connectivity index (χ3n) is 2.95. The fourth-order valence-electron chi connectivity index (χ4n) is 1.71. The van der Waals surface area contributed by atoms with E-state index in [0.717, 1.165) is 10.0 Å². The summed E-state index contributed by atoms with van der Waals surface area (Å²) in [5.74, 6) is 0. The lowest BCUT2D eigenvalue weighted by molar-refractivity contribution is 0.111. The van der Waals surface area contributed by atoms with Gasteiger partial charge in [-0.2, -0.15) is 8.42 Å². The van der Waals surface area contributed by atoms with E-state index in [-0.39, 0.29) is 11.5 Å². The number of halogens is 1. The molecule has 0 aliphatic carbocycles.